The summed E-state index contributed by atoms with van der Waals surface area (Å²) in [4.78, 5) is 0. The summed E-state index contributed by atoms with van der Waals surface area (Å²) >= 11 is 0. The minimum Gasteiger partial charge on any atom is -0.373 e. The van der Waals surface area contributed by atoms with Crippen LogP contribution in [0.5, 0.6) is 0 Å². The average Bonchev–Trinajstić information content (AvgIpc) is 1.88. The molecule has 0 aromatic heterocycles. The first-order valence-corrected chi connectivity index (χ1v) is 2.78. The van der Waals surface area contributed by atoms with Crippen molar-refractivity contribution in [3.63, 3.8) is 0 Å². The van der Waals surface area contributed by atoms with Crippen LogP contribution in [0.25, 0.3) is 0 Å². The van der Waals surface area contributed by atoms with E-state index in [1.165, 1.54) is 0 Å². The molecule has 0 radical (unpaired) electrons. The first kappa shape index (κ1) is 8.68. The summed E-state index contributed by atoms with van der Waals surface area (Å²) in [5, 5.41) is 25.4. The quantitative estimate of drug-likeness (QED) is 0.426. The number of hydrogen-bond donors (Lipinski definition) is 1. The molecular weight excluding hydrogens is 128 g/mol. The molecule has 0 aliphatic heterocycles. The summed E-state index contributed by atoms with van der Waals surface area (Å²) in [6.45, 7) is 3.36. The lowest BCUT2D eigenvalue weighted by Crippen LogP contribution is -2.06. The number of rotatable bonds is 1. The Labute approximate surface area is 59.8 Å². The van der Waals surface area contributed by atoms with Gasteiger partial charge in [-0.2, -0.15) is 10.5 Å². The maximum Gasteiger partial charge on any atom is 0.175 e. The van der Waals surface area contributed by atoms with Gasteiger partial charge >= 0.3 is 0 Å². The van der Waals surface area contributed by atoms with E-state index in [2.05, 4.69) is 0 Å². The van der Waals surface area contributed by atoms with Gasteiger partial charge in [0.2, 0.25) is 0 Å². The van der Waals surface area contributed by atoms with Crippen molar-refractivity contribution in [1.82, 2.24) is 0 Å². The Hall–Kier alpha value is -1.32. The van der Waals surface area contributed by atoms with Crippen molar-refractivity contribution in [2.24, 2.45) is 0 Å². The van der Waals surface area contributed by atoms with E-state index in [1.54, 1.807) is 26.0 Å². The second kappa shape index (κ2) is 3.66. The second-order valence-electron chi connectivity index (χ2n) is 2.06. The highest BCUT2D eigenvalue weighted by molar-refractivity contribution is 5.33. The van der Waals surface area contributed by atoms with Crippen molar-refractivity contribution in [2.75, 3.05) is 0 Å². The van der Waals surface area contributed by atoms with Gasteiger partial charge in [-0.25, -0.2) is 0 Å². The number of aliphatic hydroxyl groups excluding tert-OH is 1. The van der Waals surface area contributed by atoms with Crippen LogP contribution in [-0.2, 0) is 0 Å². The van der Waals surface area contributed by atoms with Gasteiger partial charge in [0.1, 0.15) is 0 Å². The Kier molecular flexibility index (Phi) is 3.17. The molecule has 52 valence electrons. The van der Waals surface area contributed by atoms with Crippen molar-refractivity contribution in [1.29, 1.82) is 10.5 Å². The van der Waals surface area contributed by atoms with Gasteiger partial charge in [0.05, 0.1) is 17.7 Å². The van der Waals surface area contributed by atoms with Gasteiger partial charge < -0.3 is 5.11 Å². The Morgan fingerprint density at radius 3 is 2.00 bits per heavy atom. The fraction of sp³-hybridized carbons (Fsp3) is 0.429. The highest BCUT2D eigenvalue weighted by atomic mass is 16.3. The van der Waals surface area contributed by atoms with Crippen molar-refractivity contribution >= 4 is 0 Å². The van der Waals surface area contributed by atoms with Gasteiger partial charge in [-0.15, -0.1) is 0 Å². The van der Waals surface area contributed by atoms with Crippen LogP contribution in [0.4, 0.5) is 0 Å². The largest absolute Gasteiger partial charge is 0.373 e. The Bertz CT molecular complexity index is 225. The van der Waals surface area contributed by atoms with E-state index in [0.717, 1.165) is 0 Å². The predicted octanol–water partition coefficient (Wildman–Crippen LogP) is 0.731. The molecule has 0 aliphatic rings. The lowest BCUT2D eigenvalue weighted by atomic mass is 10.1. The SMILES string of the molecule is CC(C)=C(C#N)C(O)C#N. The molecule has 1 atom stereocenters. The van der Waals surface area contributed by atoms with Crippen LogP contribution in [0, 0.1) is 22.7 Å². The number of hydrogen-bond acceptors (Lipinski definition) is 3. The molecule has 0 saturated carbocycles. The first-order valence-electron chi connectivity index (χ1n) is 2.78. The normalized spacial score (nSPS) is 10.9. The molecule has 1 N–H and O–H groups in total. The number of nitrogens with zero attached hydrogens (tertiary/aromatic N) is 2. The molecule has 3 heteroatoms. The number of aliphatic hydroxyl groups is 1. The van der Waals surface area contributed by atoms with Crippen LogP contribution >= 0.6 is 0 Å². The van der Waals surface area contributed by atoms with Crippen LogP contribution in [0.3, 0.4) is 0 Å². The van der Waals surface area contributed by atoms with E-state index in [4.69, 9.17) is 15.6 Å². The monoisotopic (exact) mass is 136 g/mol. The number of allylic oxidation sites excluding steroid dienone is 1. The highest BCUT2D eigenvalue weighted by Gasteiger charge is 2.09. The van der Waals surface area contributed by atoms with E-state index in [9.17, 15) is 0 Å². The zero-order chi connectivity index (χ0) is 8.15. The van der Waals surface area contributed by atoms with Crippen LogP contribution in [0.15, 0.2) is 11.1 Å². The van der Waals surface area contributed by atoms with Crippen LogP contribution in [-0.4, -0.2) is 11.2 Å². The molecule has 3 nitrogen and oxygen atoms in total. The molecule has 0 rings (SSSR count). The van der Waals surface area contributed by atoms with Gasteiger partial charge in [0.15, 0.2) is 6.10 Å². The number of nitriles is 2. The van der Waals surface area contributed by atoms with E-state index in [1.807, 2.05) is 0 Å². The third kappa shape index (κ3) is 1.89. The lowest BCUT2D eigenvalue weighted by molar-refractivity contribution is 0.269. The summed E-state index contributed by atoms with van der Waals surface area (Å²) in [6.07, 6.45) is -1.27. The minimum atomic E-state index is -1.27. The van der Waals surface area contributed by atoms with Crippen molar-refractivity contribution in [2.45, 2.75) is 20.0 Å². The van der Waals surface area contributed by atoms with Gasteiger partial charge in [-0.1, -0.05) is 5.57 Å². The Morgan fingerprint density at radius 2 is 1.90 bits per heavy atom. The van der Waals surface area contributed by atoms with E-state index >= 15 is 0 Å². The molecule has 0 fully saturated rings. The maximum absolute atomic E-state index is 8.85. The standard InChI is InChI=1S/C7H8N2O/c1-5(2)6(3-8)7(10)4-9/h7,10H,1-2H3. The predicted molar refractivity (Wildman–Crippen MR) is 35.6 cm³/mol. The summed E-state index contributed by atoms with van der Waals surface area (Å²) in [6, 6.07) is 3.33. The minimum absolute atomic E-state index is 0.141. The molecular formula is C7H8N2O. The van der Waals surface area contributed by atoms with E-state index in [-0.39, 0.29) is 5.57 Å². The zero-order valence-corrected chi connectivity index (χ0v) is 5.92. The third-order valence-electron chi connectivity index (χ3n) is 1.05. The summed E-state index contributed by atoms with van der Waals surface area (Å²) in [5.74, 6) is 0. The second-order valence-corrected chi connectivity index (χ2v) is 2.06. The molecule has 0 aliphatic carbocycles. The van der Waals surface area contributed by atoms with Gasteiger partial charge in [-0.3, -0.25) is 0 Å². The molecule has 0 bridgehead atoms. The van der Waals surface area contributed by atoms with E-state index in [0.29, 0.717) is 5.57 Å². The molecule has 0 heterocycles. The fourth-order valence-corrected chi connectivity index (χ4v) is 0.511. The third-order valence-corrected chi connectivity index (χ3v) is 1.05. The summed E-state index contributed by atoms with van der Waals surface area (Å²) in [7, 11) is 0. The molecule has 0 aromatic rings. The first-order chi connectivity index (χ1) is 4.63. The topological polar surface area (TPSA) is 67.8 Å². The van der Waals surface area contributed by atoms with Crippen LogP contribution in [0.2, 0.25) is 0 Å². The van der Waals surface area contributed by atoms with Gasteiger partial charge in [0.25, 0.3) is 0 Å². The van der Waals surface area contributed by atoms with Crippen molar-refractivity contribution < 1.29 is 5.11 Å². The smallest absolute Gasteiger partial charge is 0.175 e. The van der Waals surface area contributed by atoms with Crippen LogP contribution in [0.1, 0.15) is 13.8 Å². The summed E-state index contributed by atoms with van der Waals surface area (Å²) in [5.41, 5.74) is 0.819. The van der Waals surface area contributed by atoms with Crippen molar-refractivity contribution in [3.8, 4) is 12.1 Å². The molecule has 0 saturated heterocycles. The molecule has 0 amide bonds. The van der Waals surface area contributed by atoms with Gasteiger partial charge in [-0.05, 0) is 13.8 Å². The fourth-order valence-electron chi connectivity index (χ4n) is 0.511. The maximum atomic E-state index is 8.85. The average molecular weight is 136 g/mol. The van der Waals surface area contributed by atoms with Crippen LogP contribution < -0.4 is 0 Å². The van der Waals surface area contributed by atoms with Crippen molar-refractivity contribution in [3.05, 3.63) is 11.1 Å². The lowest BCUT2D eigenvalue weighted by Gasteiger charge is -1.99. The van der Waals surface area contributed by atoms with Gasteiger partial charge in [0, 0.05) is 0 Å². The summed E-state index contributed by atoms with van der Waals surface area (Å²) < 4.78 is 0. The molecule has 0 spiro atoms. The Morgan fingerprint density at radius 1 is 1.40 bits per heavy atom. The molecule has 10 heavy (non-hydrogen) atoms. The molecule has 0 aromatic carbocycles. The Balaban J connectivity index is 4.62. The molecule has 1 unspecified atom stereocenters. The highest BCUT2D eigenvalue weighted by Crippen LogP contribution is 2.05. The van der Waals surface area contributed by atoms with E-state index < -0.39 is 6.10 Å². The zero-order valence-electron chi connectivity index (χ0n) is 5.92.